The summed E-state index contributed by atoms with van der Waals surface area (Å²) in [4.78, 5) is 15.7. The Labute approximate surface area is 148 Å². The zero-order valence-corrected chi connectivity index (χ0v) is 15.6. The number of nitrogens with zero attached hydrogens (tertiary/aromatic N) is 2. The molecule has 136 valence electrons. The van der Waals surface area contributed by atoms with Crippen molar-refractivity contribution in [2.75, 3.05) is 30.3 Å². The van der Waals surface area contributed by atoms with E-state index in [9.17, 15) is 18.3 Å². The van der Waals surface area contributed by atoms with Crippen molar-refractivity contribution in [3.63, 3.8) is 0 Å². The second kappa shape index (κ2) is 4.90. The number of amides is 1. The number of para-hydroxylation sites is 1. The lowest BCUT2D eigenvalue weighted by Gasteiger charge is -2.56. The van der Waals surface area contributed by atoms with Gasteiger partial charge in [0.1, 0.15) is 0 Å². The first-order valence-corrected chi connectivity index (χ1v) is 10.4. The molecule has 4 rings (SSSR count). The van der Waals surface area contributed by atoms with Crippen molar-refractivity contribution in [3.05, 3.63) is 23.8 Å². The monoisotopic (exact) mass is 364 g/mol. The molecule has 1 aromatic rings. The molecule has 0 aliphatic carbocycles. The fourth-order valence-electron chi connectivity index (χ4n) is 5.29. The highest BCUT2D eigenvalue weighted by Crippen LogP contribution is 2.61. The first-order chi connectivity index (χ1) is 11.6. The van der Waals surface area contributed by atoms with Crippen LogP contribution in [0.3, 0.4) is 0 Å². The van der Waals surface area contributed by atoms with Gasteiger partial charge in [0.25, 0.3) is 0 Å². The van der Waals surface area contributed by atoms with Crippen LogP contribution in [0.15, 0.2) is 23.1 Å². The Balaban J connectivity index is 1.97. The van der Waals surface area contributed by atoms with Crippen molar-refractivity contribution < 1.29 is 18.3 Å². The number of likely N-dealkylation sites (tertiary alicyclic amines) is 1. The fraction of sp³-hybridized carbons (Fsp3) is 0.611. The highest BCUT2D eigenvalue weighted by molar-refractivity contribution is 7.91. The Hall–Kier alpha value is -1.76. The molecule has 1 saturated heterocycles. The third kappa shape index (κ3) is 2.02. The molecule has 1 N–H and O–H groups in total. The van der Waals surface area contributed by atoms with Crippen molar-refractivity contribution >= 4 is 21.6 Å². The zero-order chi connectivity index (χ0) is 18.2. The van der Waals surface area contributed by atoms with E-state index in [1.807, 2.05) is 6.07 Å². The number of sulfone groups is 1. The standard InChI is InChI=1S/C18H24N2O4S/c1-17(2,3)18-7-8-19(16(21)22)11-13(18)12-5-4-6-14-15(12)20(18)9-10-25(14,23)24/h4-6,13H,7-11H2,1-3H3,(H,21,22)/t13-,18-/m0/s1. The molecule has 1 aromatic carbocycles. The van der Waals surface area contributed by atoms with E-state index in [4.69, 9.17) is 0 Å². The molecule has 0 aromatic heterocycles. The topological polar surface area (TPSA) is 77.9 Å². The summed E-state index contributed by atoms with van der Waals surface area (Å²) in [6, 6.07) is 5.48. The van der Waals surface area contributed by atoms with Crippen LogP contribution in [0.2, 0.25) is 0 Å². The van der Waals surface area contributed by atoms with Crippen LogP contribution < -0.4 is 4.90 Å². The van der Waals surface area contributed by atoms with Crippen LogP contribution in [-0.2, 0) is 9.84 Å². The summed E-state index contributed by atoms with van der Waals surface area (Å²) in [5.41, 5.74) is 1.44. The van der Waals surface area contributed by atoms with E-state index in [1.165, 1.54) is 4.90 Å². The molecule has 0 unspecified atom stereocenters. The average molecular weight is 364 g/mol. The lowest BCUT2D eigenvalue weighted by Crippen LogP contribution is -2.65. The number of hydrogen-bond acceptors (Lipinski definition) is 4. The van der Waals surface area contributed by atoms with Crippen molar-refractivity contribution in [3.8, 4) is 0 Å². The quantitative estimate of drug-likeness (QED) is 0.765. The third-order valence-electron chi connectivity index (χ3n) is 6.39. The van der Waals surface area contributed by atoms with Crippen LogP contribution in [0.4, 0.5) is 10.5 Å². The number of carbonyl (C=O) groups is 1. The summed E-state index contributed by atoms with van der Waals surface area (Å²) in [5, 5.41) is 9.48. The lowest BCUT2D eigenvalue weighted by molar-refractivity contribution is 0.0576. The SMILES string of the molecule is CC(C)(C)[C@]12CCN(C(=O)O)C[C@H]1c1cccc3c1N2CCS3(=O)=O. The minimum Gasteiger partial charge on any atom is -0.465 e. The molecule has 3 aliphatic heterocycles. The average Bonchev–Trinajstić information content (AvgIpc) is 2.82. The van der Waals surface area contributed by atoms with Gasteiger partial charge in [-0.3, -0.25) is 0 Å². The molecule has 6 nitrogen and oxygen atoms in total. The summed E-state index contributed by atoms with van der Waals surface area (Å²) in [5.74, 6) is 0.108. The Kier molecular flexibility index (Phi) is 3.27. The Morgan fingerprint density at radius 1 is 1.28 bits per heavy atom. The smallest absolute Gasteiger partial charge is 0.407 e. The van der Waals surface area contributed by atoms with Crippen molar-refractivity contribution in [1.29, 1.82) is 0 Å². The van der Waals surface area contributed by atoms with Crippen LogP contribution >= 0.6 is 0 Å². The van der Waals surface area contributed by atoms with E-state index in [1.54, 1.807) is 12.1 Å². The molecule has 25 heavy (non-hydrogen) atoms. The van der Waals surface area contributed by atoms with Gasteiger partial charge in [-0.1, -0.05) is 32.9 Å². The van der Waals surface area contributed by atoms with Gasteiger partial charge in [0, 0.05) is 25.6 Å². The first kappa shape index (κ1) is 16.7. The first-order valence-electron chi connectivity index (χ1n) is 8.71. The molecule has 0 bridgehead atoms. The van der Waals surface area contributed by atoms with Crippen LogP contribution in [0.1, 0.15) is 38.7 Å². The van der Waals surface area contributed by atoms with E-state index in [0.29, 0.717) is 31.0 Å². The van der Waals surface area contributed by atoms with Gasteiger partial charge in [0.15, 0.2) is 9.84 Å². The molecule has 0 radical (unpaired) electrons. The molecule has 3 heterocycles. The summed E-state index contributed by atoms with van der Waals surface area (Å²) >= 11 is 0. The summed E-state index contributed by atoms with van der Waals surface area (Å²) in [7, 11) is -3.27. The predicted octanol–water partition coefficient (Wildman–Crippen LogP) is 2.55. The van der Waals surface area contributed by atoms with Gasteiger partial charge in [-0.15, -0.1) is 0 Å². The van der Waals surface area contributed by atoms with E-state index < -0.39 is 15.9 Å². The molecule has 0 spiro atoms. The Morgan fingerprint density at radius 2 is 2.00 bits per heavy atom. The normalized spacial score (nSPS) is 30.0. The number of hydrogen-bond donors (Lipinski definition) is 1. The number of benzene rings is 1. The third-order valence-corrected chi connectivity index (χ3v) is 8.11. The maximum absolute atomic E-state index is 12.6. The Bertz CT molecular complexity index is 858. The minimum absolute atomic E-state index is 0.0133. The second-order valence-corrected chi connectivity index (χ2v) is 10.4. The number of fused-ring (bicyclic) bond motifs is 3. The van der Waals surface area contributed by atoms with Gasteiger partial charge < -0.3 is 14.9 Å². The molecule has 1 amide bonds. The maximum Gasteiger partial charge on any atom is 0.407 e. The molecule has 0 saturated carbocycles. The van der Waals surface area contributed by atoms with Gasteiger partial charge in [-0.25, -0.2) is 13.2 Å². The highest BCUT2D eigenvalue weighted by Gasteiger charge is 2.61. The number of carboxylic acid groups (broad SMARTS) is 1. The molecule has 7 heteroatoms. The van der Waals surface area contributed by atoms with Gasteiger partial charge in [0.2, 0.25) is 0 Å². The second-order valence-electron chi connectivity index (χ2n) is 8.37. The van der Waals surface area contributed by atoms with Crippen LogP contribution in [0, 0.1) is 5.41 Å². The van der Waals surface area contributed by atoms with Gasteiger partial charge >= 0.3 is 6.09 Å². The number of anilines is 1. The number of rotatable bonds is 0. The molecule has 2 atom stereocenters. The molecular formula is C18H24N2O4S. The number of piperidine rings is 1. The van der Waals surface area contributed by atoms with E-state index in [0.717, 1.165) is 11.3 Å². The molecule has 1 fully saturated rings. The highest BCUT2D eigenvalue weighted by atomic mass is 32.2. The summed E-state index contributed by atoms with van der Waals surface area (Å²) in [6.07, 6.45) is -0.192. The van der Waals surface area contributed by atoms with Crippen LogP contribution in [0.25, 0.3) is 0 Å². The van der Waals surface area contributed by atoms with Gasteiger partial charge in [0.05, 0.1) is 21.9 Å². The predicted molar refractivity (Wildman–Crippen MR) is 95.0 cm³/mol. The van der Waals surface area contributed by atoms with Crippen molar-refractivity contribution in [1.82, 2.24) is 4.90 Å². The maximum atomic E-state index is 12.6. The van der Waals surface area contributed by atoms with Crippen LogP contribution in [-0.4, -0.2) is 55.4 Å². The van der Waals surface area contributed by atoms with Crippen LogP contribution in [0.5, 0.6) is 0 Å². The largest absolute Gasteiger partial charge is 0.465 e. The van der Waals surface area contributed by atoms with E-state index in [-0.39, 0.29) is 22.6 Å². The summed E-state index contributed by atoms with van der Waals surface area (Å²) in [6.45, 7) is 7.93. The van der Waals surface area contributed by atoms with E-state index in [2.05, 4.69) is 25.7 Å². The molecular weight excluding hydrogens is 340 g/mol. The zero-order valence-electron chi connectivity index (χ0n) is 14.8. The van der Waals surface area contributed by atoms with Gasteiger partial charge in [-0.05, 0) is 23.5 Å². The molecule has 3 aliphatic rings. The minimum atomic E-state index is -3.27. The van der Waals surface area contributed by atoms with E-state index >= 15 is 0 Å². The van der Waals surface area contributed by atoms with Crippen molar-refractivity contribution in [2.24, 2.45) is 5.41 Å². The van der Waals surface area contributed by atoms with Crippen molar-refractivity contribution in [2.45, 2.75) is 43.5 Å². The summed E-state index contributed by atoms with van der Waals surface area (Å²) < 4.78 is 25.2. The Morgan fingerprint density at radius 3 is 2.64 bits per heavy atom. The fourth-order valence-corrected chi connectivity index (χ4v) is 6.74. The lowest BCUT2D eigenvalue weighted by atomic mass is 9.62. The van der Waals surface area contributed by atoms with Gasteiger partial charge in [-0.2, -0.15) is 0 Å².